The van der Waals surface area contributed by atoms with Crippen LogP contribution in [0.25, 0.3) is 0 Å². The molecule has 1 aromatic heterocycles. The summed E-state index contributed by atoms with van der Waals surface area (Å²) in [5, 5.41) is 0.749. The molecule has 0 bridgehead atoms. The Morgan fingerprint density at radius 3 is 2.53 bits per heavy atom. The number of hydrazine groups is 1. The predicted molar refractivity (Wildman–Crippen MR) is 74.4 cm³/mol. The number of halogens is 1. The van der Waals surface area contributed by atoms with Crippen molar-refractivity contribution in [2.75, 3.05) is 0 Å². The third kappa shape index (κ3) is 2.69. The summed E-state index contributed by atoms with van der Waals surface area (Å²) in [5.74, 6) is 5.65. The van der Waals surface area contributed by atoms with E-state index in [9.17, 15) is 0 Å². The van der Waals surface area contributed by atoms with Gasteiger partial charge in [-0.15, -0.1) is 11.3 Å². The zero-order valence-corrected chi connectivity index (χ0v) is 11.4. The summed E-state index contributed by atoms with van der Waals surface area (Å²) in [4.78, 5) is 2.44. The number of nitrogens with two attached hydrogens (primary N) is 1. The molecule has 0 saturated heterocycles. The van der Waals surface area contributed by atoms with Crippen molar-refractivity contribution in [2.45, 2.75) is 19.9 Å². The SMILES string of the molecule is Cc1ccc(C(NN)c2ccc(C)s2)c(Cl)c1. The molecule has 0 fully saturated rings. The van der Waals surface area contributed by atoms with Crippen molar-refractivity contribution in [3.8, 4) is 0 Å². The third-order valence-corrected chi connectivity index (χ3v) is 4.07. The molecule has 2 rings (SSSR count). The zero-order chi connectivity index (χ0) is 12.4. The molecule has 0 aliphatic rings. The number of hydrogen-bond acceptors (Lipinski definition) is 3. The summed E-state index contributed by atoms with van der Waals surface area (Å²) < 4.78 is 0. The van der Waals surface area contributed by atoms with Crippen LogP contribution in [0, 0.1) is 13.8 Å². The lowest BCUT2D eigenvalue weighted by Crippen LogP contribution is -2.28. The first-order chi connectivity index (χ1) is 8.11. The Kier molecular flexibility index (Phi) is 3.84. The Bertz CT molecular complexity index is 522. The maximum absolute atomic E-state index is 6.27. The van der Waals surface area contributed by atoms with Crippen LogP contribution in [0.3, 0.4) is 0 Å². The largest absolute Gasteiger partial charge is 0.271 e. The van der Waals surface area contributed by atoms with Crippen LogP contribution in [0.15, 0.2) is 30.3 Å². The molecule has 1 aromatic carbocycles. The molecule has 17 heavy (non-hydrogen) atoms. The Morgan fingerprint density at radius 1 is 1.24 bits per heavy atom. The van der Waals surface area contributed by atoms with Gasteiger partial charge in [0.25, 0.3) is 0 Å². The Balaban J connectivity index is 2.42. The lowest BCUT2D eigenvalue weighted by Gasteiger charge is -2.16. The maximum atomic E-state index is 6.27. The first kappa shape index (κ1) is 12.6. The molecule has 0 amide bonds. The molecule has 1 atom stereocenters. The van der Waals surface area contributed by atoms with Gasteiger partial charge < -0.3 is 0 Å². The van der Waals surface area contributed by atoms with Gasteiger partial charge >= 0.3 is 0 Å². The van der Waals surface area contributed by atoms with Gasteiger partial charge in [-0.3, -0.25) is 5.84 Å². The van der Waals surface area contributed by atoms with E-state index < -0.39 is 0 Å². The molecular weight excluding hydrogens is 252 g/mol. The van der Waals surface area contributed by atoms with Gasteiger partial charge in [0.2, 0.25) is 0 Å². The van der Waals surface area contributed by atoms with Crippen molar-refractivity contribution >= 4 is 22.9 Å². The molecule has 2 nitrogen and oxygen atoms in total. The minimum absolute atomic E-state index is 0.0400. The highest BCUT2D eigenvalue weighted by atomic mass is 35.5. The van der Waals surface area contributed by atoms with Gasteiger partial charge in [-0.2, -0.15) is 0 Å². The fourth-order valence-electron chi connectivity index (χ4n) is 1.80. The second-order valence-electron chi connectivity index (χ2n) is 4.07. The van der Waals surface area contributed by atoms with Crippen LogP contribution in [0.5, 0.6) is 0 Å². The van der Waals surface area contributed by atoms with Crippen LogP contribution < -0.4 is 11.3 Å². The topological polar surface area (TPSA) is 38.0 Å². The van der Waals surface area contributed by atoms with Crippen LogP contribution in [0.2, 0.25) is 5.02 Å². The normalized spacial score (nSPS) is 12.7. The van der Waals surface area contributed by atoms with Gasteiger partial charge in [0.05, 0.1) is 6.04 Å². The highest BCUT2D eigenvalue weighted by Gasteiger charge is 2.16. The van der Waals surface area contributed by atoms with Crippen LogP contribution in [-0.4, -0.2) is 0 Å². The lowest BCUT2D eigenvalue weighted by molar-refractivity contribution is 0.646. The highest BCUT2D eigenvalue weighted by Crippen LogP contribution is 2.32. The van der Waals surface area contributed by atoms with Crippen molar-refractivity contribution in [2.24, 2.45) is 5.84 Å². The summed E-state index contributed by atoms with van der Waals surface area (Å²) >= 11 is 8.00. The van der Waals surface area contributed by atoms with Crippen molar-refractivity contribution in [1.29, 1.82) is 0 Å². The predicted octanol–water partition coefficient (Wildman–Crippen LogP) is 3.57. The number of rotatable bonds is 3. The first-order valence-corrected chi connectivity index (χ1v) is 6.60. The van der Waals surface area contributed by atoms with Crippen LogP contribution >= 0.6 is 22.9 Å². The number of hydrogen-bond donors (Lipinski definition) is 2. The maximum Gasteiger partial charge on any atom is 0.0816 e. The van der Waals surface area contributed by atoms with Crippen LogP contribution in [0.4, 0.5) is 0 Å². The average Bonchev–Trinajstić information content (AvgIpc) is 2.69. The minimum atomic E-state index is -0.0400. The summed E-state index contributed by atoms with van der Waals surface area (Å²) in [5.41, 5.74) is 5.00. The van der Waals surface area contributed by atoms with E-state index in [-0.39, 0.29) is 6.04 Å². The van der Waals surface area contributed by atoms with E-state index in [0.29, 0.717) is 0 Å². The van der Waals surface area contributed by atoms with E-state index in [4.69, 9.17) is 17.4 Å². The van der Waals surface area contributed by atoms with Crippen LogP contribution in [0.1, 0.15) is 26.9 Å². The van der Waals surface area contributed by atoms with E-state index in [1.165, 1.54) is 9.75 Å². The van der Waals surface area contributed by atoms with Gasteiger partial charge in [-0.1, -0.05) is 23.7 Å². The van der Waals surface area contributed by atoms with Gasteiger partial charge in [-0.25, -0.2) is 5.43 Å². The molecule has 0 spiro atoms. The van der Waals surface area contributed by atoms with E-state index in [1.54, 1.807) is 11.3 Å². The molecule has 0 aliphatic heterocycles. The number of benzene rings is 1. The van der Waals surface area contributed by atoms with E-state index >= 15 is 0 Å². The Hall–Kier alpha value is -0.870. The Morgan fingerprint density at radius 2 is 2.00 bits per heavy atom. The minimum Gasteiger partial charge on any atom is -0.271 e. The zero-order valence-electron chi connectivity index (χ0n) is 9.83. The summed E-state index contributed by atoms with van der Waals surface area (Å²) in [7, 11) is 0. The smallest absolute Gasteiger partial charge is 0.0816 e. The molecule has 90 valence electrons. The average molecular weight is 267 g/mol. The molecule has 0 saturated carbocycles. The van der Waals surface area contributed by atoms with Gasteiger partial charge in [0.1, 0.15) is 0 Å². The molecule has 0 radical (unpaired) electrons. The van der Waals surface area contributed by atoms with Crippen molar-refractivity contribution < 1.29 is 0 Å². The third-order valence-electron chi connectivity index (χ3n) is 2.68. The molecule has 4 heteroatoms. The quantitative estimate of drug-likeness (QED) is 0.658. The molecule has 1 unspecified atom stereocenters. The molecule has 3 N–H and O–H groups in total. The van der Waals surface area contributed by atoms with E-state index in [1.807, 2.05) is 25.1 Å². The molecule has 2 aromatic rings. The second kappa shape index (κ2) is 5.19. The van der Waals surface area contributed by atoms with Gasteiger partial charge in [0, 0.05) is 14.8 Å². The Labute approximate surface area is 110 Å². The van der Waals surface area contributed by atoms with Crippen molar-refractivity contribution in [1.82, 2.24) is 5.43 Å². The van der Waals surface area contributed by atoms with Crippen LogP contribution in [-0.2, 0) is 0 Å². The molecule has 0 aliphatic carbocycles. The van der Waals surface area contributed by atoms with Crippen molar-refractivity contribution in [3.05, 3.63) is 56.2 Å². The number of aryl methyl sites for hydroxylation is 2. The first-order valence-electron chi connectivity index (χ1n) is 5.40. The van der Waals surface area contributed by atoms with Gasteiger partial charge in [-0.05, 0) is 43.2 Å². The fraction of sp³-hybridized carbons (Fsp3) is 0.231. The number of thiophene rings is 1. The summed E-state index contributed by atoms with van der Waals surface area (Å²) in [6.45, 7) is 4.11. The monoisotopic (exact) mass is 266 g/mol. The number of nitrogens with one attached hydrogen (secondary N) is 1. The van der Waals surface area contributed by atoms with Gasteiger partial charge in [0.15, 0.2) is 0 Å². The standard InChI is InChI=1S/C13H15ClN2S/c1-8-3-5-10(11(14)7-8)13(16-15)12-6-4-9(2)17-12/h3-7,13,16H,15H2,1-2H3. The summed E-state index contributed by atoms with van der Waals surface area (Å²) in [6, 6.07) is 10.2. The summed E-state index contributed by atoms with van der Waals surface area (Å²) in [6.07, 6.45) is 0. The molecule has 1 heterocycles. The van der Waals surface area contributed by atoms with E-state index in [0.717, 1.165) is 16.1 Å². The lowest BCUT2D eigenvalue weighted by atomic mass is 10.0. The van der Waals surface area contributed by atoms with Crippen molar-refractivity contribution in [3.63, 3.8) is 0 Å². The fourth-order valence-corrected chi connectivity index (χ4v) is 3.10. The second-order valence-corrected chi connectivity index (χ2v) is 5.80. The van der Waals surface area contributed by atoms with E-state index in [2.05, 4.69) is 24.5 Å². The highest BCUT2D eigenvalue weighted by molar-refractivity contribution is 7.12. The molecular formula is C13H15ClN2S.